The number of likely N-dealkylation sites (tertiary alicyclic amines) is 1. The van der Waals surface area contributed by atoms with Crippen LogP contribution in [0.15, 0.2) is 24.3 Å². The summed E-state index contributed by atoms with van der Waals surface area (Å²) < 4.78 is 5.18. The van der Waals surface area contributed by atoms with E-state index in [1.807, 2.05) is 24.3 Å². The van der Waals surface area contributed by atoms with E-state index >= 15 is 0 Å². The van der Waals surface area contributed by atoms with Crippen LogP contribution < -0.4 is 15.0 Å². The number of rotatable bonds is 4. The summed E-state index contributed by atoms with van der Waals surface area (Å²) in [5.74, 6) is 0.299. The molecule has 0 atom stereocenters. The quantitative estimate of drug-likeness (QED) is 0.786. The Morgan fingerprint density at radius 1 is 1.11 bits per heavy atom. The minimum atomic E-state index is -0.944. The van der Waals surface area contributed by atoms with Gasteiger partial charge in [-0.15, -0.1) is 0 Å². The molecule has 1 aromatic rings. The van der Waals surface area contributed by atoms with Gasteiger partial charge < -0.3 is 19.9 Å². The largest absolute Gasteiger partial charge is 0.497 e. The zero-order chi connectivity index (χ0) is 19.4. The van der Waals surface area contributed by atoms with Gasteiger partial charge in [-0.25, -0.2) is 4.79 Å². The van der Waals surface area contributed by atoms with Gasteiger partial charge in [0, 0.05) is 37.3 Å². The van der Waals surface area contributed by atoms with Crippen molar-refractivity contribution >= 4 is 23.5 Å². The minimum absolute atomic E-state index is 0.131. The Kier molecular flexibility index (Phi) is 3.83. The first-order chi connectivity index (χ1) is 12.7. The molecule has 4 amide bonds. The number of hydrogen-bond acceptors (Lipinski definition) is 5. The number of ether oxygens (including phenoxy) is 1. The Balaban J connectivity index is 1.28. The molecule has 1 N–H and O–H groups in total. The number of urea groups is 1. The van der Waals surface area contributed by atoms with Crippen LogP contribution in [0.25, 0.3) is 0 Å². The number of imide groups is 1. The molecule has 3 saturated heterocycles. The highest BCUT2D eigenvalue weighted by Crippen LogP contribution is 2.42. The maximum Gasteiger partial charge on any atom is 0.325 e. The number of amides is 4. The van der Waals surface area contributed by atoms with Gasteiger partial charge in [-0.1, -0.05) is 0 Å². The molecule has 0 aromatic heterocycles. The SMILES string of the molecule is COc1ccc(N2CC3(CN(C(=O)CN4C(=O)NC(C)(C)C4=O)C3)C2)cc1. The normalized spacial score (nSPS) is 22.4. The summed E-state index contributed by atoms with van der Waals surface area (Å²) in [4.78, 5) is 41.6. The molecular weight excluding hydrogens is 348 g/mol. The van der Waals surface area contributed by atoms with Gasteiger partial charge in [0.2, 0.25) is 5.91 Å². The van der Waals surface area contributed by atoms with E-state index in [0.717, 1.165) is 29.4 Å². The molecule has 27 heavy (non-hydrogen) atoms. The first kappa shape index (κ1) is 17.6. The Hall–Kier alpha value is -2.77. The van der Waals surface area contributed by atoms with E-state index in [1.165, 1.54) is 0 Å². The third-order valence-corrected chi connectivity index (χ3v) is 5.63. The summed E-state index contributed by atoms with van der Waals surface area (Å²) in [6.45, 7) is 6.23. The lowest BCUT2D eigenvalue weighted by molar-refractivity contribution is -0.148. The highest BCUT2D eigenvalue weighted by Gasteiger charge is 2.54. The average molecular weight is 372 g/mol. The number of nitrogens with zero attached hydrogens (tertiary/aromatic N) is 3. The lowest BCUT2D eigenvalue weighted by Gasteiger charge is -2.61. The van der Waals surface area contributed by atoms with E-state index in [1.54, 1.807) is 25.9 Å². The molecule has 0 radical (unpaired) electrons. The molecule has 0 bridgehead atoms. The zero-order valence-electron chi connectivity index (χ0n) is 15.8. The predicted octanol–water partition coefficient (Wildman–Crippen LogP) is 0.674. The molecule has 3 heterocycles. The Morgan fingerprint density at radius 3 is 2.26 bits per heavy atom. The number of anilines is 1. The fourth-order valence-electron chi connectivity index (χ4n) is 4.08. The minimum Gasteiger partial charge on any atom is -0.497 e. The van der Waals surface area contributed by atoms with E-state index in [4.69, 9.17) is 4.74 Å². The van der Waals surface area contributed by atoms with Crippen molar-refractivity contribution in [3.05, 3.63) is 24.3 Å². The van der Waals surface area contributed by atoms with E-state index < -0.39 is 11.6 Å². The van der Waals surface area contributed by atoms with E-state index in [9.17, 15) is 14.4 Å². The number of methoxy groups -OCH3 is 1. The van der Waals surface area contributed by atoms with Crippen LogP contribution in [0.1, 0.15) is 13.8 Å². The molecule has 0 unspecified atom stereocenters. The predicted molar refractivity (Wildman–Crippen MR) is 98.5 cm³/mol. The van der Waals surface area contributed by atoms with Gasteiger partial charge in [-0.3, -0.25) is 14.5 Å². The van der Waals surface area contributed by atoms with Crippen LogP contribution in [-0.4, -0.2) is 73.0 Å². The molecule has 3 aliphatic rings. The summed E-state index contributed by atoms with van der Waals surface area (Å²) >= 11 is 0. The molecule has 0 saturated carbocycles. The van der Waals surface area contributed by atoms with Crippen molar-refractivity contribution in [3.8, 4) is 5.75 Å². The van der Waals surface area contributed by atoms with Crippen LogP contribution in [0.3, 0.4) is 0 Å². The zero-order valence-corrected chi connectivity index (χ0v) is 15.8. The molecular formula is C19H24N4O4. The molecule has 1 spiro atoms. The van der Waals surface area contributed by atoms with Crippen molar-refractivity contribution in [2.75, 3.05) is 44.7 Å². The molecule has 4 rings (SSSR count). The second-order valence-corrected chi connectivity index (χ2v) is 8.25. The summed E-state index contributed by atoms with van der Waals surface area (Å²) in [6, 6.07) is 7.45. The van der Waals surface area contributed by atoms with Gasteiger partial charge in [0.15, 0.2) is 0 Å². The van der Waals surface area contributed by atoms with Gasteiger partial charge in [0.05, 0.1) is 7.11 Å². The van der Waals surface area contributed by atoms with Crippen LogP contribution in [0.4, 0.5) is 10.5 Å². The van der Waals surface area contributed by atoms with Crippen molar-refractivity contribution in [2.45, 2.75) is 19.4 Å². The molecule has 3 aliphatic heterocycles. The molecule has 8 heteroatoms. The number of nitrogens with one attached hydrogen (secondary N) is 1. The lowest BCUT2D eigenvalue weighted by Crippen LogP contribution is -2.73. The monoisotopic (exact) mass is 372 g/mol. The molecule has 8 nitrogen and oxygen atoms in total. The third kappa shape index (κ3) is 2.89. The first-order valence-electron chi connectivity index (χ1n) is 9.04. The average Bonchev–Trinajstić information content (AvgIpc) is 2.74. The fourth-order valence-corrected chi connectivity index (χ4v) is 4.08. The van der Waals surface area contributed by atoms with E-state index in [-0.39, 0.29) is 23.8 Å². The van der Waals surface area contributed by atoms with Gasteiger partial charge >= 0.3 is 6.03 Å². The topological polar surface area (TPSA) is 82.2 Å². The second-order valence-electron chi connectivity index (χ2n) is 8.25. The summed E-state index contributed by atoms with van der Waals surface area (Å²) in [6.07, 6.45) is 0. The number of carbonyl (C=O) groups is 3. The third-order valence-electron chi connectivity index (χ3n) is 5.63. The van der Waals surface area contributed by atoms with Crippen molar-refractivity contribution in [2.24, 2.45) is 5.41 Å². The maximum absolute atomic E-state index is 12.5. The van der Waals surface area contributed by atoms with Crippen molar-refractivity contribution in [1.82, 2.24) is 15.1 Å². The lowest BCUT2D eigenvalue weighted by atomic mass is 9.72. The summed E-state index contributed by atoms with van der Waals surface area (Å²) in [5.41, 5.74) is 0.333. The standard InChI is InChI=1S/C19H24N4O4/c1-18(2)16(25)23(17(26)20-18)8-15(24)22-11-19(12-22)9-21(10-19)13-4-6-14(27-3)7-5-13/h4-7H,8-12H2,1-3H3,(H,20,26). The first-order valence-corrected chi connectivity index (χ1v) is 9.04. The smallest absolute Gasteiger partial charge is 0.325 e. The van der Waals surface area contributed by atoms with Crippen LogP contribution in [0.2, 0.25) is 0 Å². The maximum atomic E-state index is 12.5. The van der Waals surface area contributed by atoms with Gasteiger partial charge in [0.1, 0.15) is 17.8 Å². The molecule has 3 fully saturated rings. The van der Waals surface area contributed by atoms with Gasteiger partial charge in [-0.05, 0) is 38.1 Å². The van der Waals surface area contributed by atoms with Crippen molar-refractivity contribution < 1.29 is 19.1 Å². The molecule has 1 aromatic carbocycles. The van der Waals surface area contributed by atoms with Crippen LogP contribution >= 0.6 is 0 Å². The van der Waals surface area contributed by atoms with Crippen LogP contribution in [0.5, 0.6) is 5.75 Å². The van der Waals surface area contributed by atoms with E-state index in [0.29, 0.717) is 13.1 Å². The molecule has 144 valence electrons. The van der Waals surface area contributed by atoms with Crippen molar-refractivity contribution in [1.29, 1.82) is 0 Å². The molecule has 0 aliphatic carbocycles. The summed E-state index contributed by atoms with van der Waals surface area (Å²) in [5, 5.41) is 2.60. The highest BCUT2D eigenvalue weighted by molar-refractivity contribution is 6.08. The van der Waals surface area contributed by atoms with Crippen LogP contribution in [0, 0.1) is 5.41 Å². The summed E-state index contributed by atoms with van der Waals surface area (Å²) in [7, 11) is 1.65. The van der Waals surface area contributed by atoms with Gasteiger partial charge in [-0.2, -0.15) is 0 Å². The fraction of sp³-hybridized carbons (Fsp3) is 0.526. The van der Waals surface area contributed by atoms with Crippen LogP contribution in [-0.2, 0) is 9.59 Å². The Bertz CT molecular complexity index is 790. The Labute approximate surface area is 158 Å². The van der Waals surface area contributed by atoms with Crippen molar-refractivity contribution in [3.63, 3.8) is 0 Å². The Morgan fingerprint density at radius 2 is 1.74 bits per heavy atom. The number of benzene rings is 1. The second kappa shape index (κ2) is 5.87. The number of carbonyl (C=O) groups excluding carboxylic acids is 3. The van der Waals surface area contributed by atoms with Gasteiger partial charge in [0.25, 0.3) is 5.91 Å². The van der Waals surface area contributed by atoms with E-state index in [2.05, 4.69) is 10.2 Å². The number of hydrogen-bond donors (Lipinski definition) is 1. The highest BCUT2D eigenvalue weighted by atomic mass is 16.5.